The van der Waals surface area contributed by atoms with Gasteiger partial charge in [0.15, 0.2) is 11.5 Å². The van der Waals surface area contributed by atoms with Crippen molar-refractivity contribution >= 4 is 29.0 Å². The SMILES string of the molecule is Cc1ccc(-c2nnc3ccc(SCC(=O)Nc4ccc(F)cc4F)nn23)cc1. The number of halogens is 2. The fraction of sp³-hybridized carbons (Fsp3) is 0.100. The molecule has 29 heavy (non-hydrogen) atoms. The lowest BCUT2D eigenvalue weighted by molar-refractivity contribution is -0.113. The summed E-state index contributed by atoms with van der Waals surface area (Å²) in [5.74, 6) is -1.34. The minimum atomic E-state index is -0.824. The van der Waals surface area contributed by atoms with E-state index in [1.807, 2.05) is 31.2 Å². The number of rotatable bonds is 5. The summed E-state index contributed by atoms with van der Waals surface area (Å²) in [6.45, 7) is 2.00. The van der Waals surface area contributed by atoms with Crippen LogP contribution in [0.15, 0.2) is 59.6 Å². The third-order valence-corrected chi connectivity index (χ3v) is 5.02. The number of nitrogens with zero attached hydrogens (tertiary/aromatic N) is 4. The maximum absolute atomic E-state index is 13.7. The quantitative estimate of drug-likeness (QED) is 0.501. The van der Waals surface area contributed by atoms with Gasteiger partial charge in [-0.15, -0.1) is 10.2 Å². The zero-order chi connectivity index (χ0) is 20.4. The molecule has 0 saturated heterocycles. The number of anilines is 1. The van der Waals surface area contributed by atoms with Crippen LogP contribution in [0.3, 0.4) is 0 Å². The van der Waals surface area contributed by atoms with E-state index < -0.39 is 17.5 Å². The van der Waals surface area contributed by atoms with Crippen molar-refractivity contribution in [3.05, 3.63) is 71.8 Å². The normalized spacial score (nSPS) is 11.0. The number of benzene rings is 2. The third-order valence-electron chi connectivity index (χ3n) is 4.10. The Balaban J connectivity index is 1.49. The molecule has 2 heterocycles. The average molecular weight is 411 g/mol. The molecule has 4 aromatic rings. The van der Waals surface area contributed by atoms with Crippen LogP contribution in [0.2, 0.25) is 0 Å². The molecule has 0 fully saturated rings. The first-order valence-electron chi connectivity index (χ1n) is 8.67. The molecular weight excluding hydrogens is 396 g/mol. The predicted octanol–water partition coefficient (Wildman–Crippen LogP) is 4.11. The lowest BCUT2D eigenvalue weighted by Gasteiger charge is -2.06. The molecule has 0 saturated carbocycles. The van der Waals surface area contributed by atoms with Crippen molar-refractivity contribution in [2.24, 2.45) is 0 Å². The first-order chi connectivity index (χ1) is 14.0. The summed E-state index contributed by atoms with van der Waals surface area (Å²) < 4.78 is 28.2. The number of carbonyl (C=O) groups excluding carboxylic acids is 1. The summed E-state index contributed by atoms with van der Waals surface area (Å²) in [7, 11) is 0. The minimum absolute atomic E-state index is 0.0112. The van der Waals surface area contributed by atoms with Gasteiger partial charge in [-0.3, -0.25) is 4.79 Å². The Morgan fingerprint density at radius 2 is 1.86 bits per heavy atom. The van der Waals surface area contributed by atoms with Crippen molar-refractivity contribution in [1.82, 2.24) is 19.8 Å². The molecule has 0 bridgehead atoms. The number of hydrogen-bond acceptors (Lipinski definition) is 5. The van der Waals surface area contributed by atoms with E-state index in [-0.39, 0.29) is 11.4 Å². The van der Waals surface area contributed by atoms with Gasteiger partial charge in [-0.25, -0.2) is 8.78 Å². The van der Waals surface area contributed by atoms with Crippen LogP contribution in [-0.4, -0.2) is 31.5 Å². The summed E-state index contributed by atoms with van der Waals surface area (Å²) in [6, 6.07) is 14.3. The summed E-state index contributed by atoms with van der Waals surface area (Å²) in [5, 5.41) is 15.8. The molecule has 1 N–H and O–H groups in total. The molecule has 0 radical (unpaired) electrons. The Kier molecular flexibility index (Phi) is 5.22. The van der Waals surface area contributed by atoms with Crippen molar-refractivity contribution in [1.29, 1.82) is 0 Å². The Bertz CT molecular complexity index is 1190. The lowest BCUT2D eigenvalue weighted by atomic mass is 10.1. The predicted molar refractivity (Wildman–Crippen MR) is 107 cm³/mol. The number of amides is 1. The zero-order valence-corrected chi connectivity index (χ0v) is 16.1. The largest absolute Gasteiger partial charge is 0.323 e. The van der Waals surface area contributed by atoms with E-state index >= 15 is 0 Å². The Labute approximate surface area is 169 Å². The number of thioether (sulfide) groups is 1. The molecule has 0 atom stereocenters. The van der Waals surface area contributed by atoms with E-state index in [0.29, 0.717) is 16.5 Å². The monoisotopic (exact) mass is 411 g/mol. The number of aryl methyl sites for hydroxylation is 1. The fourth-order valence-corrected chi connectivity index (χ4v) is 3.30. The molecule has 0 aliphatic carbocycles. The second-order valence-electron chi connectivity index (χ2n) is 6.29. The maximum Gasteiger partial charge on any atom is 0.234 e. The van der Waals surface area contributed by atoms with E-state index in [2.05, 4.69) is 20.6 Å². The van der Waals surface area contributed by atoms with Crippen molar-refractivity contribution in [2.75, 3.05) is 11.1 Å². The standard InChI is InChI=1S/C20H15F2N5OS/c1-12-2-4-13(5-3-12)20-25-24-17-8-9-19(26-27(17)20)29-11-18(28)23-16-7-6-14(21)10-15(16)22/h2-10H,11H2,1H3,(H,23,28). The molecule has 0 aliphatic rings. The van der Waals surface area contributed by atoms with E-state index in [9.17, 15) is 13.6 Å². The lowest BCUT2D eigenvalue weighted by Crippen LogP contribution is -2.15. The van der Waals surface area contributed by atoms with Crippen LogP contribution in [0.5, 0.6) is 0 Å². The molecule has 4 rings (SSSR count). The Hall–Kier alpha value is -3.33. The Morgan fingerprint density at radius 3 is 2.62 bits per heavy atom. The highest BCUT2D eigenvalue weighted by atomic mass is 32.2. The molecule has 2 aromatic heterocycles. The first kappa shape index (κ1) is 19.0. The fourth-order valence-electron chi connectivity index (χ4n) is 2.65. The molecule has 2 aromatic carbocycles. The van der Waals surface area contributed by atoms with Crippen molar-refractivity contribution in [3.63, 3.8) is 0 Å². The third kappa shape index (κ3) is 4.24. The van der Waals surface area contributed by atoms with E-state index in [0.717, 1.165) is 23.3 Å². The van der Waals surface area contributed by atoms with Gasteiger partial charge in [0, 0.05) is 11.6 Å². The van der Waals surface area contributed by atoms with Gasteiger partial charge in [-0.2, -0.15) is 9.61 Å². The number of hydrogen-bond donors (Lipinski definition) is 1. The summed E-state index contributed by atoms with van der Waals surface area (Å²) in [6.07, 6.45) is 0. The van der Waals surface area contributed by atoms with Gasteiger partial charge in [0.25, 0.3) is 0 Å². The van der Waals surface area contributed by atoms with Crippen LogP contribution < -0.4 is 5.32 Å². The van der Waals surface area contributed by atoms with Gasteiger partial charge in [0.1, 0.15) is 16.7 Å². The number of fused-ring (bicyclic) bond motifs is 1. The van der Waals surface area contributed by atoms with E-state index in [4.69, 9.17) is 0 Å². The second-order valence-corrected chi connectivity index (χ2v) is 7.29. The number of nitrogens with one attached hydrogen (secondary N) is 1. The highest BCUT2D eigenvalue weighted by molar-refractivity contribution is 7.99. The average Bonchev–Trinajstić information content (AvgIpc) is 3.12. The van der Waals surface area contributed by atoms with Gasteiger partial charge in [0.2, 0.25) is 5.91 Å². The smallest absolute Gasteiger partial charge is 0.234 e. The summed E-state index contributed by atoms with van der Waals surface area (Å²) in [5.41, 5.74) is 2.53. The maximum atomic E-state index is 13.7. The molecule has 6 nitrogen and oxygen atoms in total. The van der Waals surface area contributed by atoms with Crippen LogP contribution in [0.1, 0.15) is 5.56 Å². The van der Waals surface area contributed by atoms with E-state index in [1.165, 1.54) is 17.8 Å². The molecule has 1 amide bonds. The second kappa shape index (κ2) is 7.96. The molecule has 0 unspecified atom stereocenters. The van der Waals surface area contributed by atoms with Gasteiger partial charge >= 0.3 is 0 Å². The highest BCUT2D eigenvalue weighted by Gasteiger charge is 2.12. The van der Waals surface area contributed by atoms with Crippen LogP contribution >= 0.6 is 11.8 Å². The van der Waals surface area contributed by atoms with Gasteiger partial charge in [0.05, 0.1) is 11.4 Å². The number of aromatic nitrogens is 4. The van der Waals surface area contributed by atoms with Gasteiger partial charge in [-0.1, -0.05) is 41.6 Å². The topological polar surface area (TPSA) is 72.2 Å². The van der Waals surface area contributed by atoms with Crippen molar-refractivity contribution in [2.45, 2.75) is 11.9 Å². The molecular formula is C20H15F2N5OS. The minimum Gasteiger partial charge on any atom is -0.323 e. The molecule has 9 heteroatoms. The number of carbonyl (C=O) groups is 1. The first-order valence-corrected chi connectivity index (χ1v) is 9.65. The van der Waals surface area contributed by atoms with Crippen LogP contribution in [-0.2, 0) is 4.79 Å². The summed E-state index contributed by atoms with van der Waals surface area (Å²) >= 11 is 1.19. The van der Waals surface area contributed by atoms with Crippen molar-refractivity contribution in [3.8, 4) is 11.4 Å². The zero-order valence-electron chi connectivity index (χ0n) is 15.3. The summed E-state index contributed by atoms with van der Waals surface area (Å²) in [4.78, 5) is 12.1. The molecule has 146 valence electrons. The van der Waals surface area contributed by atoms with Crippen LogP contribution in [0, 0.1) is 18.6 Å². The molecule has 0 aliphatic heterocycles. The van der Waals surface area contributed by atoms with Gasteiger partial charge < -0.3 is 5.32 Å². The Morgan fingerprint density at radius 1 is 1.07 bits per heavy atom. The van der Waals surface area contributed by atoms with Crippen LogP contribution in [0.25, 0.3) is 17.0 Å². The van der Waals surface area contributed by atoms with Crippen molar-refractivity contribution < 1.29 is 13.6 Å². The van der Waals surface area contributed by atoms with E-state index in [1.54, 1.807) is 16.6 Å². The molecule has 0 spiro atoms. The highest BCUT2D eigenvalue weighted by Crippen LogP contribution is 2.22. The van der Waals surface area contributed by atoms with Crippen LogP contribution in [0.4, 0.5) is 14.5 Å². The van der Waals surface area contributed by atoms with Gasteiger partial charge in [-0.05, 0) is 31.2 Å².